The Morgan fingerprint density at radius 1 is 1.42 bits per heavy atom. The summed E-state index contributed by atoms with van der Waals surface area (Å²) < 4.78 is 0.833. The van der Waals surface area contributed by atoms with Gasteiger partial charge in [0.2, 0.25) is 0 Å². The molecule has 2 rings (SSSR count). The van der Waals surface area contributed by atoms with Crippen LogP contribution >= 0.6 is 15.9 Å². The van der Waals surface area contributed by atoms with Crippen LogP contribution in [-0.4, -0.2) is 4.98 Å². The molecule has 1 aromatic heterocycles. The van der Waals surface area contributed by atoms with E-state index in [1.807, 2.05) is 24.4 Å². The Kier molecular flexibility index (Phi) is 1.63. The zero-order valence-electron chi connectivity index (χ0n) is 6.13. The maximum absolute atomic E-state index is 8.73. The fraction of sp³-hybridized carbons (Fsp3) is 0. The topological polar surface area (TPSA) is 39.6 Å². The van der Waals surface area contributed by atoms with Gasteiger partial charge in [0.15, 0.2) is 0 Å². The van der Waals surface area contributed by atoms with Crippen LogP contribution < -0.4 is 0 Å². The van der Waals surface area contributed by atoms with E-state index in [1.165, 1.54) is 0 Å². The molecule has 0 aliphatic rings. The first-order valence-electron chi connectivity index (χ1n) is 3.48. The van der Waals surface area contributed by atoms with Crippen LogP contribution in [0.5, 0.6) is 0 Å². The second-order valence-corrected chi connectivity index (χ2v) is 3.36. The van der Waals surface area contributed by atoms with E-state index in [-0.39, 0.29) is 0 Å². The molecule has 2 aromatic rings. The van der Waals surface area contributed by atoms with Crippen LogP contribution in [0.3, 0.4) is 0 Å². The van der Waals surface area contributed by atoms with Gasteiger partial charge in [-0.3, -0.25) is 0 Å². The van der Waals surface area contributed by atoms with Gasteiger partial charge >= 0.3 is 0 Å². The van der Waals surface area contributed by atoms with E-state index >= 15 is 0 Å². The van der Waals surface area contributed by atoms with Crippen LogP contribution in [0.25, 0.3) is 10.9 Å². The quantitative estimate of drug-likeness (QED) is 0.729. The molecule has 58 valence electrons. The van der Waals surface area contributed by atoms with E-state index in [1.54, 1.807) is 0 Å². The van der Waals surface area contributed by atoms with Gasteiger partial charge in [-0.1, -0.05) is 0 Å². The minimum atomic E-state index is 0.669. The van der Waals surface area contributed by atoms with Crippen LogP contribution in [0, 0.1) is 11.3 Å². The Hall–Kier alpha value is -1.27. The molecule has 0 saturated carbocycles. The Balaban J connectivity index is 2.84. The number of nitrogens with zero attached hydrogens (tertiary/aromatic N) is 1. The number of hydrogen-bond donors (Lipinski definition) is 1. The predicted octanol–water partition coefficient (Wildman–Crippen LogP) is 2.80. The fourth-order valence-corrected chi connectivity index (χ4v) is 1.59. The SMILES string of the molecule is N#Cc1cc2cc[nH]c2cc1Br. The summed E-state index contributed by atoms with van der Waals surface area (Å²) in [6.45, 7) is 0. The average Bonchev–Trinajstić information content (AvgIpc) is 2.49. The lowest BCUT2D eigenvalue weighted by Crippen LogP contribution is -1.76. The van der Waals surface area contributed by atoms with Gasteiger partial charge in [-0.05, 0) is 34.1 Å². The summed E-state index contributed by atoms with van der Waals surface area (Å²) in [6.07, 6.45) is 1.86. The van der Waals surface area contributed by atoms with Crippen molar-refractivity contribution < 1.29 is 0 Å². The van der Waals surface area contributed by atoms with Gasteiger partial charge in [-0.25, -0.2) is 0 Å². The van der Waals surface area contributed by atoms with Gasteiger partial charge in [0.25, 0.3) is 0 Å². The van der Waals surface area contributed by atoms with Crippen molar-refractivity contribution in [2.75, 3.05) is 0 Å². The standard InChI is InChI=1S/C9H5BrN2/c10-8-4-9-6(1-2-12-9)3-7(8)5-11/h1-4,12H. The van der Waals surface area contributed by atoms with Gasteiger partial charge in [0.1, 0.15) is 6.07 Å². The molecule has 0 saturated heterocycles. The highest BCUT2D eigenvalue weighted by Crippen LogP contribution is 2.22. The van der Waals surface area contributed by atoms with Crippen molar-refractivity contribution >= 4 is 26.8 Å². The first-order valence-corrected chi connectivity index (χ1v) is 4.27. The van der Waals surface area contributed by atoms with Crippen LogP contribution in [0.2, 0.25) is 0 Å². The highest BCUT2D eigenvalue weighted by atomic mass is 79.9. The maximum Gasteiger partial charge on any atom is 0.100 e. The number of rotatable bonds is 0. The Labute approximate surface area is 77.9 Å². The lowest BCUT2D eigenvalue weighted by Gasteiger charge is -1.94. The third kappa shape index (κ3) is 1.01. The zero-order valence-corrected chi connectivity index (χ0v) is 7.72. The van der Waals surface area contributed by atoms with Crippen molar-refractivity contribution in [3.63, 3.8) is 0 Å². The van der Waals surface area contributed by atoms with E-state index in [2.05, 4.69) is 27.0 Å². The van der Waals surface area contributed by atoms with Crippen LogP contribution in [0.4, 0.5) is 0 Å². The molecular formula is C9H5BrN2. The highest BCUT2D eigenvalue weighted by Gasteiger charge is 2.01. The number of nitrogens with one attached hydrogen (secondary N) is 1. The molecule has 0 spiro atoms. The van der Waals surface area contributed by atoms with Crippen molar-refractivity contribution in [1.29, 1.82) is 5.26 Å². The first kappa shape index (κ1) is 7.38. The van der Waals surface area contributed by atoms with Crippen LogP contribution in [0.15, 0.2) is 28.9 Å². The number of hydrogen-bond acceptors (Lipinski definition) is 1. The number of nitriles is 1. The molecule has 1 heterocycles. The summed E-state index contributed by atoms with van der Waals surface area (Å²) in [5, 5.41) is 9.79. The summed E-state index contributed by atoms with van der Waals surface area (Å²) in [4.78, 5) is 3.07. The van der Waals surface area contributed by atoms with Gasteiger partial charge in [0, 0.05) is 21.6 Å². The number of aromatic nitrogens is 1. The molecule has 0 amide bonds. The molecule has 0 unspecified atom stereocenters. The molecule has 0 radical (unpaired) electrons. The highest BCUT2D eigenvalue weighted by molar-refractivity contribution is 9.10. The summed E-state index contributed by atoms with van der Waals surface area (Å²) >= 11 is 3.32. The average molecular weight is 221 g/mol. The lowest BCUT2D eigenvalue weighted by atomic mass is 10.2. The second kappa shape index (κ2) is 2.65. The predicted molar refractivity (Wildman–Crippen MR) is 50.7 cm³/mol. The van der Waals surface area contributed by atoms with Gasteiger partial charge in [-0.15, -0.1) is 0 Å². The molecule has 0 bridgehead atoms. The monoisotopic (exact) mass is 220 g/mol. The molecule has 1 N–H and O–H groups in total. The number of aromatic amines is 1. The second-order valence-electron chi connectivity index (χ2n) is 2.51. The summed E-state index contributed by atoms with van der Waals surface area (Å²) in [5.41, 5.74) is 1.71. The van der Waals surface area contributed by atoms with Crippen molar-refractivity contribution in [3.05, 3.63) is 34.4 Å². The van der Waals surface area contributed by atoms with Crippen molar-refractivity contribution in [2.24, 2.45) is 0 Å². The number of halogens is 1. The van der Waals surface area contributed by atoms with Gasteiger partial charge in [0.05, 0.1) is 5.56 Å². The van der Waals surface area contributed by atoms with E-state index in [4.69, 9.17) is 5.26 Å². The Morgan fingerprint density at radius 2 is 2.25 bits per heavy atom. The molecule has 3 heteroatoms. The van der Waals surface area contributed by atoms with Gasteiger partial charge < -0.3 is 4.98 Å². The van der Waals surface area contributed by atoms with E-state index < -0.39 is 0 Å². The summed E-state index contributed by atoms with van der Waals surface area (Å²) in [6, 6.07) is 7.83. The van der Waals surface area contributed by atoms with E-state index in [0.29, 0.717) is 5.56 Å². The third-order valence-electron chi connectivity index (χ3n) is 1.76. The fourth-order valence-electron chi connectivity index (χ4n) is 1.16. The largest absolute Gasteiger partial charge is 0.361 e. The van der Waals surface area contributed by atoms with E-state index in [0.717, 1.165) is 15.4 Å². The third-order valence-corrected chi connectivity index (χ3v) is 2.42. The zero-order chi connectivity index (χ0) is 8.55. The number of benzene rings is 1. The number of H-pyrrole nitrogens is 1. The summed E-state index contributed by atoms with van der Waals surface area (Å²) in [7, 11) is 0. The molecule has 0 aliphatic carbocycles. The van der Waals surface area contributed by atoms with Crippen LogP contribution in [0.1, 0.15) is 5.56 Å². The lowest BCUT2D eigenvalue weighted by molar-refractivity contribution is 1.45. The maximum atomic E-state index is 8.73. The van der Waals surface area contributed by atoms with Crippen molar-refractivity contribution in [2.45, 2.75) is 0 Å². The Bertz CT molecular complexity index is 465. The molecule has 12 heavy (non-hydrogen) atoms. The van der Waals surface area contributed by atoms with Crippen LogP contribution in [-0.2, 0) is 0 Å². The molecule has 1 aromatic carbocycles. The first-order chi connectivity index (χ1) is 5.81. The molecular weight excluding hydrogens is 216 g/mol. The number of fused-ring (bicyclic) bond motifs is 1. The van der Waals surface area contributed by atoms with Gasteiger partial charge in [-0.2, -0.15) is 5.26 Å². The molecule has 2 nitrogen and oxygen atoms in total. The minimum Gasteiger partial charge on any atom is -0.361 e. The van der Waals surface area contributed by atoms with E-state index in [9.17, 15) is 0 Å². The molecule has 0 atom stereocenters. The van der Waals surface area contributed by atoms with Crippen molar-refractivity contribution in [1.82, 2.24) is 4.98 Å². The van der Waals surface area contributed by atoms with Crippen molar-refractivity contribution in [3.8, 4) is 6.07 Å². The smallest absolute Gasteiger partial charge is 0.100 e. The normalized spacial score (nSPS) is 10.0. The molecule has 0 aliphatic heterocycles. The molecule has 0 fully saturated rings. The Morgan fingerprint density at radius 3 is 3.00 bits per heavy atom. The minimum absolute atomic E-state index is 0.669. The summed E-state index contributed by atoms with van der Waals surface area (Å²) in [5.74, 6) is 0.